The molecule has 11 heteroatoms. The normalized spacial score (nSPS) is 12.5. The summed E-state index contributed by atoms with van der Waals surface area (Å²) in [6, 6.07) is 9.02. The van der Waals surface area contributed by atoms with Crippen molar-refractivity contribution in [2.45, 2.75) is 39.8 Å². The van der Waals surface area contributed by atoms with Gasteiger partial charge >= 0.3 is 5.97 Å². The number of carbonyl (C=O) groups is 1. The van der Waals surface area contributed by atoms with Crippen LogP contribution in [-0.4, -0.2) is 42.0 Å². The molecule has 4 aromatic rings. The second-order valence-corrected chi connectivity index (χ2v) is 9.10. The molecule has 0 aliphatic heterocycles. The molecule has 0 aliphatic rings. The highest BCUT2D eigenvalue weighted by Crippen LogP contribution is 2.29. The van der Waals surface area contributed by atoms with Crippen LogP contribution < -0.4 is 5.32 Å². The molecule has 0 saturated heterocycles. The van der Waals surface area contributed by atoms with Crippen LogP contribution in [0.15, 0.2) is 53.4 Å². The third-order valence-corrected chi connectivity index (χ3v) is 5.47. The number of aromatic nitrogens is 5. The van der Waals surface area contributed by atoms with Crippen LogP contribution in [0.3, 0.4) is 0 Å². The minimum absolute atomic E-state index is 0.103. The van der Waals surface area contributed by atoms with Gasteiger partial charge in [0.1, 0.15) is 23.5 Å². The topological polar surface area (TPSA) is 119 Å². The standard InChI is InChI=1S/C24H24F2N6O3/c1-24(2,3)20(11-21(33)34)28-22-16(26)12-27-23(29-22)18-10-19(17-8-9-35-31-17)32(30-18)13-14-6-4-5-7-15(14)25/h4-10,12,20H,11,13H2,1-3H3,(H,33,34)(H,27,28,29). The van der Waals surface area contributed by atoms with Gasteiger partial charge in [0.25, 0.3) is 0 Å². The Hall–Kier alpha value is -4.15. The summed E-state index contributed by atoms with van der Waals surface area (Å²) in [5.41, 5.74) is 1.22. The fourth-order valence-corrected chi connectivity index (χ4v) is 3.49. The number of aliphatic carboxylic acids is 1. The molecule has 0 bridgehead atoms. The molecule has 0 fully saturated rings. The monoisotopic (exact) mass is 482 g/mol. The molecule has 3 aromatic heterocycles. The highest BCUT2D eigenvalue weighted by atomic mass is 19.1. The van der Waals surface area contributed by atoms with Crippen molar-refractivity contribution in [3.63, 3.8) is 0 Å². The summed E-state index contributed by atoms with van der Waals surface area (Å²) in [6.45, 7) is 5.65. The van der Waals surface area contributed by atoms with E-state index in [9.17, 15) is 18.7 Å². The summed E-state index contributed by atoms with van der Waals surface area (Å²) in [5.74, 6) is -2.16. The van der Waals surface area contributed by atoms with Gasteiger partial charge in [0.05, 0.1) is 24.9 Å². The van der Waals surface area contributed by atoms with Crippen LogP contribution in [0.1, 0.15) is 32.8 Å². The first kappa shape index (κ1) is 24.0. The Labute approximate surface area is 199 Å². The number of carboxylic acids is 1. The molecule has 1 atom stereocenters. The zero-order valence-corrected chi connectivity index (χ0v) is 19.4. The van der Waals surface area contributed by atoms with E-state index < -0.39 is 23.2 Å². The first-order valence-corrected chi connectivity index (χ1v) is 10.8. The molecular formula is C24H24F2N6O3. The average Bonchev–Trinajstić information content (AvgIpc) is 3.45. The lowest BCUT2D eigenvalue weighted by molar-refractivity contribution is -0.137. The number of rotatable bonds is 8. The van der Waals surface area contributed by atoms with Crippen LogP contribution >= 0.6 is 0 Å². The second kappa shape index (κ2) is 9.61. The van der Waals surface area contributed by atoms with E-state index in [-0.39, 0.29) is 30.4 Å². The molecule has 4 rings (SSSR count). The summed E-state index contributed by atoms with van der Waals surface area (Å²) in [4.78, 5) is 19.7. The predicted molar refractivity (Wildman–Crippen MR) is 123 cm³/mol. The molecule has 1 aromatic carbocycles. The van der Waals surface area contributed by atoms with E-state index in [2.05, 4.69) is 25.5 Å². The largest absolute Gasteiger partial charge is 0.481 e. The van der Waals surface area contributed by atoms with Crippen molar-refractivity contribution in [1.82, 2.24) is 24.9 Å². The molecule has 9 nitrogen and oxygen atoms in total. The fourth-order valence-electron chi connectivity index (χ4n) is 3.49. The Kier molecular flexibility index (Phi) is 6.59. The first-order chi connectivity index (χ1) is 16.6. The quantitative estimate of drug-likeness (QED) is 0.373. The van der Waals surface area contributed by atoms with Crippen LogP contribution in [-0.2, 0) is 11.3 Å². The van der Waals surface area contributed by atoms with Gasteiger partial charge in [0.2, 0.25) is 0 Å². The van der Waals surface area contributed by atoms with Gasteiger partial charge in [-0.3, -0.25) is 9.48 Å². The molecule has 0 amide bonds. The molecule has 35 heavy (non-hydrogen) atoms. The lowest BCUT2D eigenvalue weighted by atomic mass is 9.85. The van der Waals surface area contributed by atoms with Crippen molar-refractivity contribution in [2.24, 2.45) is 5.41 Å². The summed E-state index contributed by atoms with van der Waals surface area (Å²) in [6.07, 6.45) is 2.17. The average molecular weight is 482 g/mol. The minimum atomic E-state index is -1.02. The third kappa shape index (κ3) is 5.51. The fraction of sp³-hybridized carbons (Fsp3) is 0.292. The maximum atomic E-state index is 14.6. The van der Waals surface area contributed by atoms with Gasteiger partial charge in [-0.2, -0.15) is 5.10 Å². The van der Waals surface area contributed by atoms with Crippen LogP contribution in [0.25, 0.3) is 22.9 Å². The van der Waals surface area contributed by atoms with Crippen molar-refractivity contribution in [3.8, 4) is 22.9 Å². The Morgan fingerprint density at radius 3 is 2.60 bits per heavy atom. The number of anilines is 1. The smallest absolute Gasteiger partial charge is 0.305 e. The van der Waals surface area contributed by atoms with Crippen molar-refractivity contribution in [1.29, 1.82) is 0 Å². The third-order valence-electron chi connectivity index (χ3n) is 5.47. The van der Waals surface area contributed by atoms with Gasteiger partial charge < -0.3 is 14.9 Å². The van der Waals surface area contributed by atoms with Crippen LogP contribution in [0.4, 0.5) is 14.6 Å². The van der Waals surface area contributed by atoms with Gasteiger partial charge in [-0.1, -0.05) is 44.1 Å². The Morgan fingerprint density at radius 2 is 1.94 bits per heavy atom. The van der Waals surface area contributed by atoms with Crippen LogP contribution in [0.2, 0.25) is 0 Å². The van der Waals surface area contributed by atoms with Gasteiger partial charge in [0.15, 0.2) is 17.5 Å². The lowest BCUT2D eigenvalue weighted by Crippen LogP contribution is -2.36. The van der Waals surface area contributed by atoms with E-state index >= 15 is 0 Å². The van der Waals surface area contributed by atoms with E-state index in [0.29, 0.717) is 22.6 Å². The van der Waals surface area contributed by atoms with Gasteiger partial charge in [0, 0.05) is 17.7 Å². The number of hydrogen-bond acceptors (Lipinski definition) is 7. The molecule has 0 saturated carbocycles. The van der Waals surface area contributed by atoms with Crippen molar-refractivity contribution >= 4 is 11.8 Å². The van der Waals surface area contributed by atoms with E-state index in [0.717, 1.165) is 6.20 Å². The SMILES string of the molecule is CC(C)(C)C(CC(=O)O)Nc1nc(-c2cc(-c3ccon3)n(Cc3ccccc3F)n2)ncc1F. The Bertz CT molecular complexity index is 1330. The van der Waals surface area contributed by atoms with Crippen molar-refractivity contribution in [3.05, 3.63) is 66.1 Å². The van der Waals surface area contributed by atoms with E-state index in [1.165, 1.54) is 17.0 Å². The molecule has 2 N–H and O–H groups in total. The van der Waals surface area contributed by atoms with E-state index in [1.54, 1.807) is 30.3 Å². The molecule has 182 valence electrons. The summed E-state index contributed by atoms with van der Waals surface area (Å²) in [5, 5.41) is 20.6. The van der Waals surface area contributed by atoms with Gasteiger partial charge in [-0.05, 0) is 17.5 Å². The highest BCUT2D eigenvalue weighted by Gasteiger charge is 2.28. The second-order valence-electron chi connectivity index (χ2n) is 9.10. The Balaban J connectivity index is 1.72. The molecule has 0 aliphatic carbocycles. The molecule has 1 unspecified atom stereocenters. The minimum Gasteiger partial charge on any atom is -0.481 e. The van der Waals surface area contributed by atoms with Crippen LogP contribution in [0.5, 0.6) is 0 Å². The summed E-state index contributed by atoms with van der Waals surface area (Å²) < 4.78 is 35.4. The number of carboxylic acid groups (broad SMARTS) is 1. The van der Waals surface area contributed by atoms with Crippen molar-refractivity contribution in [2.75, 3.05) is 5.32 Å². The van der Waals surface area contributed by atoms with E-state index in [1.807, 2.05) is 20.8 Å². The van der Waals surface area contributed by atoms with Gasteiger partial charge in [-0.15, -0.1) is 0 Å². The number of nitrogens with zero attached hydrogens (tertiary/aromatic N) is 5. The zero-order chi connectivity index (χ0) is 25.2. The number of nitrogens with one attached hydrogen (secondary N) is 1. The maximum Gasteiger partial charge on any atom is 0.305 e. The molecule has 3 heterocycles. The lowest BCUT2D eigenvalue weighted by Gasteiger charge is -2.30. The molecular weight excluding hydrogens is 458 g/mol. The zero-order valence-electron chi connectivity index (χ0n) is 19.4. The maximum absolute atomic E-state index is 14.6. The Morgan fingerprint density at radius 1 is 1.17 bits per heavy atom. The number of benzene rings is 1. The summed E-state index contributed by atoms with van der Waals surface area (Å²) in [7, 11) is 0. The first-order valence-electron chi connectivity index (χ1n) is 10.8. The molecule has 0 spiro atoms. The molecule has 0 radical (unpaired) electrons. The van der Waals surface area contributed by atoms with Crippen LogP contribution in [0, 0.1) is 17.0 Å². The van der Waals surface area contributed by atoms with Gasteiger partial charge in [-0.25, -0.2) is 18.7 Å². The predicted octanol–water partition coefficient (Wildman–Crippen LogP) is 4.62. The van der Waals surface area contributed by atoms with E-state index in [4.69, 9.17) is 4.52 Å². The number of halogens is 2. The summed E-state index contributed by atoms with van der Waals surface area (Å²) >= 11 is 0. The number of hydrogen-bond donors (Lipinski definition) is 2. The highest BCUT2D eigenvalue weighted by molar-refractivity contribution is 5.68. The van der Waals surface area contributed by atoms with Crippen molar-refractivity contribution < 1.29 is 23.2 Å².